The Morgan fingerprint density at radius 2 is 1.80 bits per heavy atom. The molecule has 0 saturated carbocycles. The van der Waals surface area contributed by atoms with Crippen molar-refractivity contribution in [3.05, 3.63) is 68.3 Å². The van der Waals surface area contributed by atoms with Gasteiger partial charge in [0.05, 0.1) is 21.5 Å². The van der Waals surface area contributed by atoms with Crippen LogP contribution in [0.15, 0.2) is 41.3 Å². The monoisotopic (exact) mass is 397 g/mol. The molecule has 1 aliphatic rings. The number of aromatic hydroxyl groups is 1. The highest BCUT2D eigenvalue weighted by Gasteiger charge is 2.35. The van der Waals surface area contributed by atoms with Crippen LogP contribution in [0.4, 0.5) is 9.18 Å². The fourth-order valence-electron chi connectivity index (χ4n) is 2.25. The lowest BCUT2D eigenvalue weighted by molar-refractivity contribution is -0.123. The van der Waals surface area contributed by atoms with Crippen molar-refractivity contribution in [2.75, 3.05) is 0 Å². The molecule has 0 aromatic heterocycles. The van der Waals surface area contributed by atoms with E-state index in [-0.39, 0.29) is 32.8 Å². The number of imide groups is 1. The molecule has 2 aromatic carbocycles. The molecule has 1 aliphatic heterocycles. The highest BCUT2D eigenvalue weighted by Crippen LogP contribution is 2.37. The minimum atomic E-state index is -0.529. The quantitative estimate of drug-likeness (QED) is 0.734. The van der Waals surface area contributed by atoms with Gasteiger partial charge in [-0.2, -0.15) is 0 Å². The van der Waals surface area contributed by atoms with Gasteiger partial charge < -0.3 is 5.11 Å². The van der Waals surface area contributed by atoms with Crippen molar-refractivity contribution in [1.82, 2.24) is 4.90 Å². The Balaban J connectivity index is 1.87. The highest BCUT2D eigenvalue weighted by molar-refractivity contribution is 8.18. The Kier molecular flexibility index (Phi) is 5.03. The van der Waals surface area contributed by atoms with Crippen LogP contribution in [0.25, 0.3) is 6.08 Å². The second kappa shape index (κ2) is 7.07. The number of carbonyl (C=O) groups excluding carboxylic acids is 2. The molecule has 2 amide bonds. The van der Waals surface area contributed by atoms with E-state index >= 15 is 0 Å². The van der Waals surface area contributed by atoms with Crippen LogP contribution in [-0.2, 0) is 11.3 Å². The number of hydrogen-bond donors (Lipinski definition) is 1. The maximum Gasteiger partial charge on any atom is 0.293 e. The summed E-state index contributed by atoms with van der Waals surface area (Å²) < 4.78 is 13.7. The third kappa shape index (κ3) is 3.66. The van der Waals surface area contributed by atoms with Gasteiger partial charge in [0.1, 0.15) is 5.82 Å². The van der Waals surface area contributed by atoms with E-state index in [0.717, 1.165) is 16.7 Å². The Morgan fingerprint density at radius 3 is 2.44 bits per heavy atom. The lowest BCUT2D eigenvalue weighted by atomic mass is 10.2. The zero-order valence-electron chi connectivity index (χ0n) is 12.5. The number of carbonyl (C=O) groups is 2. The number of phenols is 1. The Hall–Kier alpha value is -2.02. The van der Waals surface area contributed by atoms with E-state index in [1.165, 1.54) is 36.4 Å². The molecule has 0 bridgehead atoms. The third-order valence-corrected chi connectivity index (χ3v) is 4.98. The smallest absolute Gasteiger partial charge is 0.293 e. The van der Waals surface area contributed by atoms with Gasteiger partial charge in [-0.25, -0.2) is 4.39 Å². The summed E-state index contributed by atoms with van der Waals surface area (Å²) in [4.78, 5) is 25.7. The fourth-order valence-corrected chi connectivity index (χ4v) is 3.60. The Morgan fingerprint density at radius 1 is 1.16 bits per heavy atom. The zero-order valence-corrected chi connectivity index (χ0v) is 14.8. The maximum absolute atomic E-state index is 13.7. The fraction of sp³-hybridized carbons (Fsp3) is 0.0588. The molecular weight excluding hydrogens is 388 g/mol. The molecule has 128 valence electrons. The van der Waals surface area contributed by atoms with Crippen LogP contribution in [-0.4, -0.2) is 21.2 Å². The number of benzene rings is 2. The predicted molar refractivity (Wildman–Crippen MR) is 96.0 cm³/mol. The Bertz CT molecular complexity index is 894. The van der Waals surface area contributed by atoms with E-state index in [1.807, 2.05) is 0 Å². The number of halogens is 3. The van der Waals surface area contributed by atoms with Crippen LogP contribution < -0.4 is 0 Å². The van der Waals surface area contributed by atoms with Crippen LogP contribution in [0.1, 0.15) is 11.1 Å². The predicted octanol–water partition coefficient (Wildman–Crippen LogP) is 5.07. The number of thioether (sulfide) groups is 1. The summed E-state index contributed by atoms with van der Waals surface area (Å²) in [5.74, 6) is -1.27. The molecule has 0 aliphatic carbocycles. The van der Waals surface area contributed by atoms with E-state index in [2.05, 4.69) is 0 Å². The van der Waals surface area contributed by atoms with Crippen LogP contribution in [0, 0.1) is 5.82 Å². The third-order valence-electron chi connectivity index (χ3n) is 3.50. The molecule has 1 N–H and O–H groups in total. The summed E-state index contributed by atoms with van der Waals surface area (Å²) in [6.45, 7) is -0.147. The molecule has 0 atom stereocenters. The van der Waals surface area contributed by atoms with Crippen LogP contribution >= 0.6 is 35.0 Å². The number of nitrogens with zero attached hydrogens (tertiary/aromatic N) is 1. The van der Waals surface area contributed by atoms with E-state index < -0.39 is 17.0 Å². The summed E-state index contributed by atoms with van der Waals surface area (Å²) in [7, 11) is 0. The minimum absolute atomic E-state index is 0.0318. The largest absolute Gasteiger partial charge is 0.505 e. The van der Waals surface area contributed by atoms with Crippen molar-refractivity contribution in [3.63, 3.8) is 0 Å². The van der Waals surface area contributed by atoms with Gasteiger partial charge in [-0.3, -0.25) is 14.5 Å². The van der Waals surface area contributed by atoms with Crippen molar-refractivity contribution < 1.29 is 19.1 Å². The summed E-state index contributed by atoms with van der Waals surface area (Å²) in [5, 5.41) is 9.14. The number of hydrogen-bond acceptors (Lipinski definition) is 4. The number of rotatable bonds is 3. The summed E-state index contributed by atoms with van der Waals surface area (Å²) in [6, 6.07) is 8.80. The average Bonchev–Trinajstić information content (AvgIpc) is 2.82. The molecular formula is C17H10Cl2FNO3S. The van der Waals surface area contributed by atoms with Gasteiger partial charge in [-0.05, 0) is 41.6 Å². The summed E-state index contributed by atoms with van der Waals surface area (Å²) in [6.07, 6.45) is 1.45. The van der Waals surface area contributed by atoms with Gasteiger partial charge in [-0.15, -0.1) is 0 Å². The molecule has 0 spiro atoms. The van der Waals surface area contributed by atoms with Crippen molar-refractivity contribution >= 4 is 52.2 Å². The lowest BCUT2D eigenvalue weighted by Crippen LogP contribution is -2.27. The first-order valence-corrected chi connectivity index (χ1v) is 8.61. The molecule has 0 unspecified atom stereocenters. The normalized spacial score (nSPS) is 16.1. The summed E-state index contributed by atoms with van der Waals surface area (Å²) in [5.41, 5.74) is 0.714. The van der Waals surface area contributed by atoms with Crippen molar-refractivity contribution in [3.8, 4) is 5.75 Å². The van der Waals surface area contributed by atoms with E-state index in [4.69, 9.17) is 23.2 Å². The second-order valence-electron chi connectivity index (χ2n) is 5.19. The van der Waals surface area contributed by atoms with Crippen LogP contribution in [0.2, 0.25) is 10.0 Å². The molecule has 1 fully saturated rings. The van der Waals surface area contributed by atoms with Gasteiger partial charge >= 0.3 is 0 Å². The van der Waals surface area contributed by atoms with Crippen LogP contribution in [0.3, 0.4) is 0 Å². The summed E-state index contributed by atoms with van der Waals surface area (Å²) >= 11 is 12.4. The van der Waals surface area contributed by atoms with E-state index in [1.54, 1.807) is 6.07 Å². The first kappa shape index (κ1) is 17.8. The first-order chi connectivity index (χ1) is 11.9. The molecule has 1 heterocycles. The zero-order chi connectivity index (χ0) is 18.1. The lowest BCUT2D eigenvalue weighted by Gasteiger charge is -2.12. The molecule has 0 radical (unpaired) electrons. The van der Waals surface area contributed by atoms with Gasteiger partial charge in [-0.1, -0.05) is 41.4 Å². The SMILES string of the molecule is O=C1S/C(=C\c2cc(Cl)c(O)c(Cl)c2)C(=O)N1Cc1ccccc1F. The molecule has 8 heteroatoms. The van der Waals surface area contributed by atoms with E-state index in [0.29, 0.717) is 5.56 Å². The van der Waals surface area contributed by atoms with E-state index in [9.17, 15) is 19.1 Å². The van der Waals surface area contributed by atoms with Crippen molar-refractivity contribution in [2.45, 2.75) is 6.54 Å². The first-order valence-electron chi connectivity index (χ1n) is 7.03. The molecule has 2 aromatic rings. The van der Waals surface area contributed by atoms with Gasteiger partial charge in [0, 0.05) is 5.56 Å². The average molecular weight is 398 g/mol. The topological polar surface area (TPSA) is 57.6 Å². The molecule has 1 saturated heterocycles. The minimum Gasteiger partial charge on any atom is -0.505 e. The van der Waals surface area contributed by atoms with Gasteiger partial charge in [0.2, 0.25) is 0 Å². The van der Waals surface area contributed by atoms with Crippen molar-refractivity contribution in [1.29, 1.82) is 0 Å². The highest BCUT2D eigenvalue weighted by atomic mass is 35.5. The molecule has 4 nitrogen and oxygen atoms in total. The maximum atomic E-state index is 13.7. The Labute approximate surface area is 156 Å². The number of phenolic OH excluding ortho intramolecular Hbond substituents is 1. The van der Waals surface area contributed by atoms with Crippen LogP contribution in [0.5, 0.6) is 5.75 Å². The van der Waals surface area contributed by atoms with Gasteiger partial charge in [0.15, 0.2) is 5.75 Å². The van der Waals surface area contributed by atoms with Gasteiger partial charge in [0.25, 0.3) is 11.1 Å². The molecule has 25 heavy (non-hydrogen) atoms. The second-order valence-corrected chi connectivity index (χ2v) is 7.00. The number of amides is 2. The molecule has 3 rings (SSSR count). The van der Waals surface area contributed by atoms with Crippen molar-refractivity contribution in [2.24, 2.45) is 0 Å². The standard InChI is InChI=1S/C17H10Cl2FNO3S/c18-11-5-9(6-12(19)15(11)22)7-14-16(23)21(17(24)25-14)8-10-3-1-2-4-13(10)20/h1-7,22H,8H2/b14-7-.